The molecule has 0 aliphatic rings. The molecule has 2 N–H and O–H groups in total. The van der Waals surface area contributed by atoms with E-state index in [-0.39, 0.29) is 5.56 Å². The van der Waals surface area contributed by atoms with Crippen molar-refractivity contribution in [2.24, 2.45) is 0 Å². The molecule has 1 aromatic carbocycles. The van der Waals surface area contributed by atoms with Crippen LogP contribution in [0, 0.1) is 0 Å². The summed E-state index contributed by atoms with van der Waals surface area (Å²) in [4.78, 5) is 35.9. The highest BCUT2D eigenvalue weighted by molar-refractivity contribution is 5.91. The molecule has 0 aliphatic carbocycles. The number of ether oxygens (including phenoxy) is 1. The van der Waals surface area contributed by atoms with Gasteiger partial charge < -0.3 is 14.8 Å². The maximum absolute atomic E-state index is 11.3. The summed E-state index contributed by atoms with van der Waals surface area (Å²) < 4.78 is 4.58. The summed E-state index contributed by atoms with van der Waals surface area (Å²) in [5, 5.41) is 8.90. The first-order valence-corrected chi connectivity index (χ1v) is 5.67. The second-order valence-corrected chi connectivity index (χ2v) is 4.01. The molecule has 1 heterocycles. The molecule has 0 saturated heterocycles. The Morgan fingerprint density at radius 1 is 1.15 bits per heavy atom. The Hall–Kier alpha value is -2.89. The maximum Gasteiger partial charge on any atom is 0.341 e. The highest BCUT2D eigenvalue weighted by Crippen LogP contribution is 2.19. The number of nitrogens with one attached hydrogen (secondary N) is 1. The van der Waals surface area contributed by atoms with Crippen LogP contribution in [0.4, 0.5) is 0 Å². The summed E-state index contributed by atoms with van der Waals surface area (Å²) >= 11 is 0. The molecule has 2 rings (SSSR count). The number of H-pyrrole nitrogens is 1. The Bertz CT molecular complexity index is 715. The smallest absolute Gasteiger partial charge is 0.341 e. The van der Waals surface area contributed by atoms with E-state index in [9.17, 15) is 14.4 Å². The average Bonchev–Trinajstić information content (AvgIpc) is 2.47. The molecule has 6 heteroatoms. The van der Waals surface area contributed by atoms with Crippen LogP contribution in [-0.2, 0) is 4.74 Å². The number of pyridine rings is 1. The Morgan fingerprint density at radius 3 is 2.35 bits per heavy atom. The number of carboxylic acid groups (broad SMARTS) is 1. The van der Waals surface area contributed by atoms with Gasteiger partial charge in [0.2, 0.25) is 0 Å². The van der Waals surface area contributed by atoms with E-state index in [1.54, 1.807) is 24.3 Å². The van der Waals surface area contributed by atoms with Gasteiger partial charge in [-0.2, -0.15) is 0 Å². The molecule has 1 aromatic heterocycles. The van der Waals surface area contributed by atoms with E-state index in [2.05, 4.69) is 9.72 Å². The third kappa shape index (κ3) is 2.59. The lowest BCUT2D eigenvalue weighted by Gasteiger charge is -2.04. The number of aromatic nitrogens is 1. The van der Waals surface area contributed by atoms with E-state index in [1.807, 2.05) is 0 Å². The van der Waals surface area contributed by atoms with E-state index in [1.165, 1.54) is 19.4 Å². The Morgan fingerprint density at radius 2 is 1.80 bits per heavy atom. The molecule has 20 heavy (non-hydrogen) atoms. The van der Waals surface area contributed by atoms with E-state index < -0.39 is 17.5 Å². The number of esters is 1. The summed E-state index contributed by atoms with van der Waals surface area (Å²) in [6.07, 6.45) is 1.42. The van der Waals surface area contributed by atoms with Gasteiger partial charge >= 0.3 is 11.9 Å². The largest absolute Gasteiger partial charge is 0.477 e. The molecule has 2 aromatic rings. The molecule has 0 amide bonds. The van der Waals surface area contributed by atoms with Crippen molar-refractivity contribution >= 4 is 11.9 Å². The summed E-state index contributed by atoms with van der Waals surface area (Å²) in [6, 6.07) is 7.70. The molecular weight excluding hydrogens is 262 g/mol. The lowest BCUT2D eigenvalue weighted by atomic mass is 10.0. The minimum Gasteiger partial charge on any atom is -0.477 e. The van der Waals surface area contributed by atoms with Crippen molar-refractivity contribution in [3.63, 3.8) is 0 Å². The normalized spacial score (nSPS) is 10.1. The van der Waals surface area contributed by atoms with Crippen LogP contribution < -0.4 is 5.56 Å². The van der Waals surface area contributed by atoms with Crippen LogP contribution in [0.3, 0.4) is 0 Å². The van der Waals surface area contributed by atoms with Crippen LogP contribution in [0.1, 0.15) is 20.7 Å². The van der Waals surface area contributed by atoms with Crippen molar-refractivity contribution in [2.75, 3.05) is 7.11 Å². The van der Waals surface area contributed by atoms with Crippen LogP contribution in [-0.4, -0.2) is 29.1 Å². The van der Waals surface area contributed by atoms with Crippen molar-refractivity contribution < 1.29 is 19.4 Å². The number of benzene rings is 1. The van der Waals surface area contributed by atoms with Gasteiger partial charge in [0.05, 0.1) is 12.7 Å². The molecule has 0 spiro atoms. The number of rotatable bonds is 3. The van der Waals surface area contributed by atoms with Crippen molar-refractivity contribution in [3.8, 4) is 11.1 Å². The number of aromatic carboxylic acids is 1. The predicted octanol–water partition coefficient (Wildman–Crippen LogP) is 1.53. The van der Waals surface area contributed by atoms with Crippen LogP contribution in [0.25, 0.3) is 11.1 Å². The van der Waals surface area contributed by atoms with Gasteiger partial charge in [0.15, 0.2) is 0 Å². The van der Waals surface area contributed by atoms with Crippen molar-refractivity contribution in [2.45, 2.75) is 0 Å². The van der Waals surface area contributed by atoms with Gasteiger partial charge in [-0.05, 0) is 29.3 Å². The van der Waals surface area contributed by atoms with Crippen LogP contribution in [0.15, 0.2) is 41.3 Å². The zero-order valence-corrected chi connectivity index (χ0v) is 10.5. The number of methoxy groups -OCH3 is 1. The van der Waals surface area contributed by atoms with Crippen LogP contribution in [0.5, 0.6) is 0 Å². The van der Waals surface area contributed by atoms with Crippen molar-refractivity contribution in [3.05, 3.63) is 58.0 Å². The van der Waals surface area contributed by atoms with Gasteiger partial charge in [0.1, 0.15) is 5.56 Å². The number of aromatic amines is 1. The molecule has 102 valence electrons. The predicted molar refractivity (Wildman–Crippen MR) is 70.8 cm³/mol. The van der Waals surface area contributed by atoms with Crippen molar-refractivity contribution in [1.82, 2.24) is 4.98 Å². The average molecular weight is 273 g/mol. The number of hydrogen-bond acceptors (Lipinski definition) is 4. The highest BCUT2D eigenvalue weighted by atomic mass is 16.5. The van der Waals surface area contributed by atoms with Gasteiger partial charge in [0, 0.05) is 6.20 Å². The summed E-state index contributed by atoms with van der Waals surface area (Å²) in [5.41, 5.74) is 0.612. The molecule has 0 saturated carbocycles. The van der Waals surface area contributed by atoms with Gasteiger partial charge in [-0.15, -0.1) is 0 Å². The fourth-order valence-corrected chi connectivity index (χ4v) is 1.73. The minimum absolute atomic E-state index is 0.334. The zero-order chi connectivity index (χ0) is 14.7. The second kappa shape index (κ2) is 5.40. The zero-order valence-electron chi connectivity index (χ0n) is 10.5. The summed E-state index contributed by atoms with van der Waals surface area (Å²) in [6.45, 7) is 0. The monoisotopic (exact) mass is 273 g/mol. The molecule has 6 nitrogen and oxygen atoms in total. The lowest BCUT2D eigenvalue weighted by Crippen LogP contribution is -2.16. The molecule has 0 atom stereocenters. The van der Waals surface area contributed by atoms with Gasteiger partial charge in [-0.1, -0.05) is 12.1 Å². The third-order valence-electron chi connectivity index (χ3n) is 2.77. The van der Waals surface area contributed by atoms with E-state index >= 15 is 0 Å². The molecule has 0 fully saturated rings. The second-order valence-electron chi connectivity index (χ2n) is 4.01. The van der Waals surface area contributed by atoms with Gasteiger partial charge in [0.25, 0.3) is 5.56 Å². The number of hydrogen-bond donors (Lipinski definition) is 2. The van der Waals surface area contributed by atoms with Crippen LogP contribution >= 0.6 is 0 Å². The summed E-state index contributed by atoms with van der Waals surface area (Å²) in [7, 11) is 1.29. The van der Waals surface area contributed by atoms with E-state index in [4.69, 9.17) is 5.11 Å². The van der Waals surface area contributed by atoms with Gasteiger partial charge in [-0.25, -0.2) is 9.59 Å². The fraction of sp³-hybridized carbons (Fsp3) is 0.0714. The third-order valence-corrected chi connectivity index (χ3v) is 2.77. The lowest BCUT2D eigenvalue weighted by molar-refractivity contribution is 0.0600. The Balaban J connectivity index is 2.42. The standard InChI is InChI=1S/C14H11NO5/c1-20-14(19)9-4-2-8(3-5-9)10-6-11(13(17)18)12(16)15-7-10/h2-7H,1H3,(H,15,16)(H,17,18). The molecule has 0 radical (unpaired) electrons. The first kappa shape index (κ1) is 13.5. The molecule has 0 unspecified atom stereocenters. The quantitative estimate of drug-likeness (QED) is 0.826. The topological polar surface area (TPSA) is 96.5 Å². The highest BCUT2D eigenvalue weighted by Gasteiger charge is 2.11. The van der Waals surface area contributed by atoms with E-state index in [0.29, 0.717) is 16.7 Å². The fourth-order valence-electron chi connectivity index (χ4n) is 1.73. The molecule has 0 aliphatic heterocycles. The molecule has 0 bridgehead atoms. The van der Waals surface area contributed by atoms with Crippen LogP contribution in [0.2, 0.25) is 0 Å². The molecular formula is C14H11NO5. The number of carbonyl (C=O) groups excluding carboxylic acids is 1. The SMILES string of the molecule is COC(=O)c1ccc(-c2c[nH]c(=O)c(C(=O)O)c2)cc1. The van der Waals surface area contributed by atoms with E-state index in [0.717, 1.165) is 0 Å². The van der Waals surface area contributed by atoms with Crippen molar-refractivity contribution in [1.29, 1.82) is 0 Å². The first-order valence-electron chi connectivity index (χ1n) is 5.67. The summed E-state index contributed by atoms with van der Waals surface area (Å²) in [5.74, 6) is -1.75. The number of carboxylic acids is 1. The van der Waals surface area contributed by atoms with Gasteiger partial charge in [-0.3, -0.25) is 4.79 Å². The number of carbonyl (C=O) groups is 2. The Kier molecular flexibility index (Phi) is 3.65. The minimum atomic E-state index is -1.29. The first-order chi connectivity index (χ1) is 9.52. The maximum atomic E-state index is 11.3. The Labute approximate surface area is 113 Å².